The van der Waals surface area contributed by atoms with Gasteiger partial charge in [-0.1, -0.05) is 13.8 Å². The standard InChI is InChI=1S/C15H25N3/c1-11(2)14-6-5-7-18(14)15-12(3)8-13(9-16-4)10-17-15/h8,10-11,14,16H,5-7,9H2,1-4H3. The van der Waals surface area contributed by atoms with Crippen LogP contribution in [0.25, 0.3) is 0 Å². The SMILES string of the molecule is CNCc1cnc(N2CCCC2C(C)C)c(C)c1. The van der Waals surface area contributed by atoms with Crippen LogP contribution >= 0.6 is 0 Å². The maximum atomic E-state index is 4.70. The molecule has 0 saturated carbocycles. The lowest BCUT2D eigenvalue weighted by Crippen LogP contribution is -2.34. The van der Waals surface area contributed by atoms with E-state index in [4.69, 9.17) is 4.98 Å². The molecule has 1 aliphatic rings. The Balaban J connectivity index is 2.22. The largest absolute Gasteiger partial charge is 0.353 e. The third-order valence-corrected chi connectivity index (χ3v) is 3.83. The van der Waals surface area contributed by atoms with Gasteiger partial charge in [0.2, 0.25) is 0 Å². The van der Waals surface area contributed by atoms with Gasteiger partial charge in [0.15, 0.2) is 0 Å². The van der Waals surface area contributed by atoms with Crippen molar-refractivity contribution in [3.05, 3.63) is 23.4 Å². The van der Waals surface area contributed by atoms with E-state index in [2.05, 4.69) is 37.1 Å². The number of aryl methyl sites for hydroxylation is 1. The molecule has 3 heteroatoms. The van der Waals surface area contributed by atoms with Gasteiger partial charge in [0.05, 0.1) is 0 Å². The minimum atomic E-state index is 0.659. The fourth-order valence-corrected chi connectivity index (χ4v) is 2.98. The second-order valence-corrected chi connectivity index (χ2v) is 5.66. The number of aromatic nitrogens is 1. The minimum absolute atomic E-state index is 0.659. The van der Waals surface area contributed by atoms with E-state index in [0.717, 1.165) is 13.1 Å². The van der Waals surface area contributed by atoms with Crippen LogP contribution in [0.15, 0.2) is 12.3 Å². The lowest BCUT2D eigenvalue weighted by molar-refractivity contribution is 0.489. The Morgan fingerprint density at radius 3 is 2.89 bits per heavy atom. The van der Waals surface area contributed by atoms with E-state index in [1.165, 1.54) is 29.8 Å². The first-order valence-corrected chi connectivity index (χ1v) is 7.00. The summed E-state index contributed by atoms with van der Waals surface area (Å²) in [7, 11) is 1.97. The average molecular weight is 247 g/mol. The Morgan fingerprint density at radius 2 is 2.28 bits per heavy atom. The Labute approximate surface area is 111 Å². The monoisotopic (exact) mass is 247 g/mol. The molecular weight excluding hydrogens is 222 g/mol. The molecule has 1 aromatic rings. The lowest BCUT2D eigenvalue weighted by atomic mass is 10.0. The molecule has 0 bridgehead atoms. The molecule has 18 heavy (non-hydrogen) atoms. The summed E-state index contributed by atoms with van der Waals surface area (Å²) in [6, 6.07) is 2.92. The molecular formula is C15H25N3. The highest BCUT2D eigenvalue weighted by Gasteiger charge is 2.28. The van der Waals surface area contributed by atoms with E-state index >= 15 is 0 Å². The van der Waals surface area contributed by atoms with Crippen LogP contribution < -0.4 is 10.2 Å². The van der Waals surface area contributed by atoms with E-state index in [9.17, 15) is 0 Å². The van der Waals surface area contributed by atoms with Crippen molar-refractivity contribution < 1.29 is 0 Å². The van der Waals surface area contributed by atoms with Gasteiger partial charge in [-0.25, -0.2) is 4.98 Å². The molecule has 1 aromatic heterocycles. The van der Waals surface area contributed by atoms with Gasteiger partial charge < -0.3 is 10.2 Å². The van der Waals surface area contributed by atoms with Gasteiger partial charge in [-0.2, -0.15) is 0 Å². The Kier molecular flexibility index (Phi) is 4.23. The van der Waals surface area contributed by atoms with E-state index < -0.39 is 0 Å². The number of rotatable bonds is 4. The van der Waals surface area contributed by atoms with Crippen molar-refractivity contribution in [2.75, 3.05) is 18.5 Å². The molecule has 2 rings (SSSR count). The molecule has 1 saturated heterocycles. The first-order chi connectivity index (χ1) is 8.63. The quantitative estimate of drug-likeness (QED) is 0.886. The van der Waals surface area contributed by atoms with Gasteiger partial charge in [0, 0.05) is 25.3 Å². The molecule has 0 radical (unpaired) electrons. The lowest BCUT2D eigenvalue weighted by Gasteiger charge is -2.30. The molecule has 1 fully saturated rings. The van der Waals surface area contributed by atoms with Crippen molar-refractivity contribution in [2.45, 2.75) is 46.2 Å². The van der Waals surface area contributed by atoms with Crippen molar-refractivity contribution in [1.82, 2.24) is 10.3 Å². The highest BCUT2D eigenvalue weighted by atomic mass is 15.2. The second-order valence-electron chi connectivity index (χ2n) is 5.66. The van der Waals surface area contributed by atoms with Crippen LogP contribution in [0, 0.1) is 12.8 Å². The Hall–Kier alpha value is -1.09. The number of hydrogen-bond acceptors (Lipinski definition) is 3. The number of hydrogen-bond donors (Lipinski definition) is 1. The first-order valence-electron chi connectivity index (χ1n) is 7.00. The van der Waals surface area contributed by atoms with Crippen molar-refractivity contribution in [3.63, 3.8) is 0 Å². The molecule has 100 valence electrons. The van der Waals surface area contributed by atoms with Crippen LogP contribution in [0.3, 0.4) is 0 Å². The number of nitrogens with one attached hydrogen (secondary N) is 1. The minimum Gasteiger partial charge on any atom is -0.353 e. The summed E-state index contributed by atoms with van der Waals surface area (Å²) in [5, 5.41) is 3.17. The van der Waals surface area contributed by atoms with Crippen LogP contribution in [0.4, 0.5) is 5.82 Å². The first kappa shape index (κ1) is 13.3. The molecule has 1 unspecified atom stereocenters. The molecule has 1 N–H and O–H groups in total. The third kappa shape index (κ3) is 2.66. The summed E-state index contributed by atoms with van der Waals surface area (Å²) >= 11 is 0. The predicted molar refractivity (Wildman–Crippen MR) is 76.9 cm³/mol. The van der Waals surface area contributed by atoms with Gasteiger partial charge >= 0.3 is 0 Å². The maximum absolute atomic E-state index is 4.70. The molecule has 0 aromatic carbocycles. The predicted octanol–water partition coefficient (Wildman–Crippen LogP) is 2.73. The topological polar surface area (TPSA) is 28.2 Å². The third-order valence-electron chi connectivity index (χ3n) is 3.83. The maximum Gasteiger partial charge on any atom is 0.131 e. The fraction of sp³-hybridized carbons (Fsp3) is 0.667. The zero-order valence-electron chi connectivity index (χ0n) is 12.0. The van der Waals surface area contributed by atoms with Crippen LogP contribution in [-0.4, -0.2) is 24.6 Å². The Bertz CT molecular complexity index is 401. The van der Waals surface area contributed by atoms with Gasteiger partial charge in [-0.05, 0) is 49.9 Å². The van der Waals surface area contributed by atoms with Crippen molar-refractivity contribution >= 4 is 5.82 Å². The van der Waals surface area contributed by atoms with Crippen molar-refractivity contribution in [1.29, 1.82) is 0 Å². The number of anilines is 1. The molecule has 2 heterocycles. The summed E-state index contributed by atoms with van der Waals surface area (Å²) in [6.07, 6.45) is 4.60. The summed E-state index contributed by atoms with van der Waals surface area (Å²) in [6.45, 7) is 8.85. The number of nitrogens with zero attached hydrogens (tertiary/aromatic N) is 2. The fourth-order valence-electron chi connectivity index (χ4n) is 2.98. The average Bonchev–Trinajstić information content (AvgIpc) is 2.78. The summed E-state index contributed by atoms with van der Waals surface area (Å²) < 4.78 is 0. The van der Waals surface area contributed by atoms with Crippen LogP contribution in [-0.2, 0) is 6.54 Å². The van der Waals surface area contributed by atoms with E-state index in [0.29, 0.717) is 12.0 Å². The summed E-state index contributed by atoms with van der Waals surface area (Å²) in [5.74, 6) is 1.89. The van der Waals surface area contributed by atoms with E-state index in [1.54, 1.807) is 0 Å². The van der Waals surface area contributed by atoms with Crippen molar-refractivity contribution in [2.24, 2.45) is 5.92 Å². The summed E-state index contributed by atoms with van der Waals surface area (Å²) in [4.78, 5) is 7.20. The Morgan fingerprint density at radius 1 is 1.50 bits per heavy atom. The zero-order valence-corrected chi connectivity index (χ0v) is 12.0. The zero-order chi connectivity index (χ0) is 13.1. The molecule has 3 nitrogen and oxygen atoms in total. The van der Waals surface area contributed by atoms with Crippen LogP contribution in [0.2, 0.25) is 0 Å². The molecule has 1 atom stereocenters. The molecule has 0 aliphatic carbocycles. The van der Waals surface area contributed by atoms with Gasteiger partial charge in [-0.3, -0.25) is 0 Å². The second kappa shape index (κ2) is 5.70. The smallest absolute Gasteiger partial charge is 0.131 e. The van der Waals surface area contributed by atoms with Crippen molar-refractivity contribution in [3.8, 4) is 0 Å². The summed E-state index contributed by atoms with van der Waals surface area (Å²) in [5.41, 5.74) is 2.56. The van der Waals surface area contributed by atoms with E-state index in [1.807, 2.05) is 13.2 Å². The van der Waals surface area contributed by atoms with Crippen LogP contribution in [0.5, 0.6) is 0 Å². The van der Waals surface area contributed by atoms with Gasteiger partial charge in [-0.15, -0.1) is 0 Å². The van der Waals surface area contributed by atoms with Gasteiger partial charge in [0.25, 0.3) is 0 Å². The highest BCUT2D eigenvalue weighted by molar-refractivity contribution is 5.49. The van der Waals surface area contributed by atoms with Gasteiger partial charge in [0.1, 0.15) is 5.82 Å². The van der Waals surface area contributed by atoms with E-state index in [-0.39, 0.29) is 0 Å². The highest BCUT2D eigenvalue weighted by Crippen LogP contribution is 2.30. The number of pyridine rings is 1. The van der Waals surface area contributed by atoms with Crippen LogP contribution in [0.1, 0.15) is 37.8 Å². The molecule has 1 aliphatic heterocycles. The normalized spacial score (nSPS) is 19.8. The molecule has 0 amide bonds. The molecule has 0 spiro atoms.